The highest BCUT2D eigenvalue weighted by Crippen LogP contribution is 2.41. The quantitative estimate of drug-likeness (QED) is 0.393. The minimum Gasteiger partial charge on any atom is -0.502 e. The molecule has 0 atom stereocenters. The maximum atomic E-state index is 11.1. The van der Waals surface area contributed by atoms with E-state index >= 15 is 0 Å². The topological polar surface area (TPSA) is 79.2 Å². The minimum atomic E-state index is -0.588. The molecule has 3 aromatic carbocycles. The summed E-state index contributed by atoms with van der Waals surface area (Å²) in [6, 6.07) is 12.0. The van der Waals surface area contributed by atoms with Crippen molar-refractivity contribution < 1.29 is 10.0 Å². The van der Waals surface area contributed by atoms with Gasteiger partial charge in [-0.15, -0.1) is 0 Å². The van der Waals surface area contributed by atoms with Crippen LogP contribution in [0.5, 0.6) is 5.75 Å². The van der Waals surface area contributed by atoms with Gasteiger partial charge in [0.15, 0.2) is 0 Å². The van der Waals surface area contributed by atoms with Gasteiger partial charge in [0, 0.05) is 38.3 Å². The largest absolute Gasteiger partial charge is 0.502 e. The van der Waals surface area contributed by atoms with Crippen molar-refractivity contribution in [3.63, 3.8) is 0 Å². The van der Waals surface area contributed by atoms with Crippen LogP contribution in [0.2, 0.25) is 5.02 Å². The lowest BCUT2D eigenvalue weighted by Crippen LogP contribution is -1.89. The van der Waals surface area contributed by atoms with E-state index in [0.717, 1.165) is 27.2 Å². The number of nitrogens with zero attached hydrogens (tertiary/aromatic N) is 1. The van der Waals surface area contributed by atoms with Crippen LogP contribution in [0, 0.1) is 10.1 Å². The lowest BCUT2D eigenvalue weighted by molar-refractivity contribution is -0.385. The fourth-order valence-corrected chi connectivity index (χ4v) is 3.07. The SMILES string of the molecule is O=[N+]([O-])c1ccc2ccc3[nH]c4ccc(Cl)cc4c3c2c1O. The molecule has 4 rings (SSSR count). The molecular formula is C16H9ClN2O3. The molecule has 0 aliphatic carbocycles. The fourth-order valence-electron chi connectivity index (χ4n) is 2.90. The summed E-state index contributed by atoms with van der Waals surface area (Å²) < 4.78 is 0. The number of benzene rings is 3. The van der Waals surface area contributed by atoms with Gasteiger partial charge in [-0.2, -0.15) is 0 Å². The Morgan fingerprint density at radius 2 is 1.77 bits per heavy atom. The van der Waals surface area contributed by atoms with Crippen LogP contribution >= 0.6 is 11.6 Å². The predicted octanol–water partition coefficient (Wildman–Crippen LogP) is 4.74. The average molecular weight is 313 g/mol. The number of nitrogens with one attached hydrogen (secondary N) is 1. The highest BCUT2D eigenvalue weighted by atomic mass is 35.5. The number of hydrogen-bond acceptors (Lipinski definition) is 3. The number of hydrogen-bond donors (Lipinski definition) is 2. The molecule has 0 saturated carbocycles. The number of H-pyrrole nitrogens is 1. The number of phenolic OH excluding ortho intramolecular Hbond substituents is 1. The molecule has 0 aliphatic heterocycles. The number of rotatable bonds is 1. The van der Waals surface area contributed by atoms with E-state index in [4.69, 9.17) is 11.6 Å². The van der Waals surface area contributed by atoms with Crippen LogP contribution in [0.1, 0.15) is 0 Å². The van der Waals surface area contributed by atoms with Crippen LogP contribution in [-0.4, -0.2) is 15.0 Å². The van der Waals surface area contributed by atoms with E-state index in [1.54, 1.807) is 18.2 Å². The Morgan fingerprint density at radius 3 is 2.55 bits per heavy atom. The van der Waals surface area contributed by atoms with E-state index in [2.05, 4.69) is 4.98 Å². The van der Waals surface area contributed by atoms with Crippen molar-refractivity contribution in [2.45, 2.75) is 0 Å². The summed E-state index contributed by atoms with van der Waals surface area (Å²) in [6.07, 6.45) is 0. The first-order chi connectivity index (χ1) is 10.6. The number of nitro benzene ring substituents is 1. The van der Waals surface area contributed by atoms with Crippen LogP contribution in [-0.2, 0) is 0 Å². The Kier molecular flexibility index (Phi) is 2.55. The van der Waals surface area contributed by atoms with Crippen molar-refractivity contribution in [1.29, 1.82) is 0 Å². The summed E-state index contributed by atoms with van der Waals surface area (Å²) in [7, 11) is 0. The molecule has 4 aromatic rings. The van der Waals surface area contributed by atoms with E-state index < -0.39 is 4.92 Å². The number of aromatic amines is 1. The van der Waals surface area contributed by atoms with Gasteiger partial charge in [0.05, 0.1) is 4.92 Å². The summed E-state index contributed by atoms with van der Waals surface area (Å²) in [5.74, 6) is -0.325. The van der Waals surface area contributed by atoms with Crippen LogP contribution < -0.4 is 0 Å². The third-order valence-electron chi connectivity index (χ3n) is 3.85. The van der Waals surface area contributed by atoms with E-state index in [-0.39, 0.29) is 11.4 Å². The summed E-state index contributed by atoms with van der Waals surface area (Å²) in [5, 5.41) is 24.8. The van der Waals surface area contributed by atoms with Crippen molar-refractivity contribution >= 4 is 49.9 Å². The van der Waals surface area contributed by atoms with Gasteiger partial charge in [0.2, 0.25) is 5.75 Å². The molecule has 2 N–H and O–H groups in total. The number of aromatic nitrogens is 1. The van der Waals surface area contributed by atoms with Crippen molar-refractivity contribution in [3.8, 4) is 5.75 Å². The molecule has 1 aromatic heterocycles. The summed E-state index contributed by atoms with van der Waals surface area (Å²) in [5.41, 5.74) is 1.34. The molecule has 108 valence electrons. The second-order valence-electron chi connectivity index (χ2n) is 5.09. The zero-order chi connectivity index (χ0) is 15.4. The van der Waals surface area contributed by atoms with Gasteiger partial charge < -0.3 is 10.1 Å². The number of aromatic hydroxyl groups is 1. The van der Waals surface area contributed by atoms with Gasteiger partial charge in [-0.3, -0.25) is 10.1 Å². The minimum absolute atomic E-state index is 0.309. The summed E-state index contributed by atoms with van der Waals surface area (Å²) in [4.78, 5) is 13.7. The first kappa shape index (κ1) is 12.9. The number of nitro groups is 1. The van der Waals surface area contributed by atoms with Gasteiger partial charge in [-0.05, 0) is 35.7 Å². The van der Waals surface area contributed by atoms with E-state index in [9.17, 15) is 15.2 Å². The molecule has 0 saturated heterocycles. The highest BCUT2D eigenvalue weighted by Gasteiger charge is 2.19. The van der Waals surface area contributed by atoms with Gasteiger partial charge in [-0.25, -0.2) is 0 Å². The third kappa shape index (κ3) is 1.66. The predicted molar refractivity (Wildman–Crippen MR) is 86.6 cm³/mol. The molecular weight excluding hydrogens is 304 g/mol. The zero-order valence-electron chi connectivity index (χ0n) is 11.1. The molecule has 0 spiro atoms. The number of phenols is 1. The molecule has 0 unspecified atom stereocenters. The van der Waals surface area contributed by atoms with Gasteiger partial charge in [0.1, 0.15) is 0 Å². The van der Waals surface area contributed by atoms with Crippen molar-refractivity contribution in [2.75, 3.05) is 0 Å². The monoisotopic (exact) mass is 312 g/mol. The second-order valence-corrected chi connectivity index (χ2v) is 5.53. The lowest BCUT2D eigenvalue weighted by Gasteiger charge is -2.04. The van der Waals surface area contributed by atoms with Crippen LogP contribution in [0.15, 0.2) is 42.5 Å². The number of fused-ring (bicyclic) bond motifs is 5. The molecule has 0 radical (unpaired) electrons. The second kappa shape index (κ2) is 4.35. The normalized spacial score (nSPS) is 11.5. The van der Waals surface area contributed by atoms with E-state index in [0.29, 0.717) is 10.4 Å². The van der Waals surface area contributed by atoms with E-state index in [1.807, 2.05) is 18.2 Å². The van der Waals surface area contributed by atoms with Crippen molar-refractivity contribution in [3.05, 3.63) is 57.6 Å². The first-order valence-electron chi connectivity index (χ1n) is 6.56. The Labute approximate surface area is 128 Å². The molecule has 5 nitrogen and oxygen atoms in total. The molecule has 22 heavy (non-hydrogen) atoms. The molecule has 0 bridgehead atoms. The van der Waals surface area contributed by atoms with Crippen LogP contribution in [0.3, 0.4) is 0 Å². The first-order valence-corrected chi connectivity index (χ1v) is 6.94. The van der Waals surface area contributed by atoms with Gasteiger partial charge in [0.25, 0.3) is 0 Å². The summed E-state index contributed by atoms with van der Waals surface area (Å²) >= 11 is 6.06. The maximum absolute atomic E-state index is 11.1. The Morgan fingerprint density at radius 1 is 1.05 bits per heavy atom. The Hall–Kier alpha value is -2.79. The van der Waals surface area contributed by atoms with Gasteiger partial charge in [-0.1, -0.05) is 17.7 Å². The zero-order valence-corrected chi connectivity index (χ0v) is 11.9. The smallest absolute Gasteiger partial charge is 0.311 e. The number of halogens is 1. The fraction of sp³-hybridized carbons (Fsp3) is 0. The molecule has 0 fully saturated rings. The van der Waals surface area contributed by atoms with Crippen LogP contribution in [0.25, 0.3) is 32.6 Å². The highest BCUT2D eigenvalue weighted by molar-refractivity contribution is 6.32. The third-order valence-corrected chi connectivity index (χ3v) is 4.09. The summed E-state index contributed by atoms with van der Waals surface area (Å²) in [6.45, 7) is 0. The van der Waals surface area contributed by atoms with Crippen LogP contribution in [0.4, 0.5) is 5.69 Å². The molecule has 1 heterocycles. The average Bonchev–Trinajstić information content (AvgIpc) is 2.85. The van der Waals surface area contributed by atoms with Gasteiger partial charge >= 0.3 is 5.69 Å². The maximum Gasteiger partial charge on any atom is 0.311 e. The molecule has 6 heteroatoms. The molecule has 0 aliphatic rings. The van der Waals surface area contributed by atoms with E-state index in [1.165, 1.54) is 6.07 Å². The standard InChI is InChI=1S/C16H9ClN2O3/c17-9-3-5-11-10(7-9)15-12(18-11)4-1-8-2-6-13(19(21)22)16(20)14(8)15/h1-7,18,20H. The Balaban J connectivity index is 2.30. The van der Waals surface area contributed by atoms with Crippen molar-refractivity contribution in [2.24, 2.45) is 0 Å². The molecule has 0 amide bonds. The lowest BCUT2D eigenvalue weighted by atomic mass is 10.0. The Bertz CT molecular complexity index is 1090. The van der Waals surface area contributed by atoms with Crippen molar-refractivity contribution in [1.82, 2.24) is 4.98 Å².